The molecule has 2 unspecified atom stereocenters. The first kappa shape index (κ1) is 46.8. The summed E-state index contributed by atoms with van der Waals surface area (Å²) >= 11 is 0. The Kier molecular flexibility index (Phi) is 19.9. The van der Waals surface area contributed by atoms with Crippen LogP contribution in [0.4, 0.5) is 0 Å². The Morgan fingerprint density at radius 1 is 0.720 bits per heavy atom. The maximum Gasteiger partial charge on any atom is 2.00 e. The molecule has 0 heterocycles. The predicted octanol–water partition coefficient (Wildman–Crippen LogP) is 6.84. The Bertz CT molecular complexity index is 1320. The number of nitrogens with zero attached hydrogens (tertiary/aromatic N) is 2. The summed E-state index contributed by atoms with van der Waals surface area (Å²) in [5, 5.41) is 40.2. The van der Waals surface area contributed by atoms with E-state index in [1.54, 1.807) is 0 Å². The Hall–Kier alpha value is -3.17. The largest absolute Gasteiger partial charge is 2.00 e. The van der Waals surface area contributed by atoms with E-state index in [-0.39, 0.29) is 39.7 Å². The molecule has 0 aliphatic heterocycles. The first-order valence-corrected chi connectivity index (χ1v) is 17.7. The second-order valence-electron chi connectivity index (χ2n) is 16.1. The van der Waals surface area contributed by atoms with Gasteiger partial charge in [0.15, 0.2) is 0 Å². The molecule has 281 valence electrons. The zero-order valence-corrected chi connectivity index (χ0v) is 33.5. The van der Waals surface area contributed by atoms with E-state index in [2.05, 4.69) is 93.5 Å². The maximum absolute atomic E-state index is 11.2. The summed E-state index contributed by atoms with van der Waals surface area (Å²) in [5.41, 5.74) is 5.76. The summed E-state index contributed by atoms with van der Waals surface area (Å²) in [6.45, 7) is 23.8. The van der Waals surface area contributed by atoms with Crippen LogP contribution >= 0.6 is 0 Å². The first-order valence-electron chi connectivity index (χ1n) is 17.7. The average Bonchev–Trinajstić information content (AvgIpc) is 3.40. The number of aromatic hydroxyl groups is 2. The van der Waals surface area contributed by atoms with Gasteiger partial charge in [-0.2, -0.15) is 0 Å². The minimum Gasteiger partial charge on any atom is -0.550 e. The van der Waals surface area contributed by atoms with Gasteiger partial charge in [0.05, 0.1) is 12.1 Å². The molecule has 2 aromatic rings. The van der Waals surface area contributed by atoms with Crippen LogP contribution in [0.5, 0.6) is 11.5 Å². The van der Waals surface area contributed by atoms with Gasteiger partial charge in [-0.15, -0.1) is 0 Å². The normalized spacial score (nSPS) is 16.2. The van der Waals surface area contributed by atoms with E-state index in [1.165, 1.54) is 11.1 Å². The number of aliphatic imine (C=N–C) groups is 2. The van der Waals surface area contributed by atoms with Gasteiger partial charge in [0.2, 0.25) is 0 Å². The van der Waals surface area contributed by atoms with Crippen molar-refractivity contribution in [3.63, 3.8) is 0 Å². The molecule has 1 radical (unpaired) electrons. The van der Waals surface area contributed by atoms with Gasteiger partial charge in [-0.1, -0.05) is 81.4 Å². The van der Waals surface area contributed by atoms with Crippen LogP contribution in [0.3, 0.4) is 0 Å². The van der Waals surface area contributed by atoms with Crippen molar-refractivity contribution in [2.45, 2.75) is 151 Å². The third-order valence-electron chi connectivity index (χ3n) is 8.29. The number of phenolic OH excluding ortho intramolecular Hbond substituents is 2. The van der Waals surface area contributed by atoms with E-state index in [1.807, 2.05) is 12.4 Å². The number of hydrogen-bond acceptors (Lipinski definition) is 8. The number of rotatable bonds is 10. The molecule has 0 aromatic heterocycles. The van der Waals surface area contributed by atoms with Crippen molar-refractivity contribution in [3.05, 3.63) is 57.6 Å². The van der Waals surface area contributed by atoms with Crippen LogP contribution < -0.4 is 10.2 Å². The molecular weight excluding hydrogens is 675 g/mol. The van der Waals surface area contributed by atoms with Crippen LogP contribution in [0.15, 0.2) is 34.3 Å². The fraction of sp³-hybridized carbons (Fsp3) is 0.610. The zero-order valence-electron chi connectivity index (χ0n) is 32.5. The van der Waals surface area contributed by atoms with Crippen LogP contribution in [0, 0.1) is 11.8 Å². The molecule has 1 saturated carbocycles. The van der Waals surface area contributed by atoms with E-state index in [0.717, 1.165) is 81.0 Å². The topological polar surface area (TPSA) is 145 Å². The van der Waals surface area contributed by atoms with Gasteiger partial charge in [-0.25, -0.2) is 0 Å². The second-order valence-corrected chi connectivity index (χ2v) is 16.1. The summed E-state index contributed by atoms with van der Waals surface area (Å²) in [6, 6.07) is 8.70. The molecule has 3 rings (SSSR count). The predicted molar refractivity (Wildman–Crippen MR) is 198 cm³/mol. The molecule has 1 aliphatic carbocycles. The second kappa shape index (κ2) is 21.3. The van der Waals surface area contributed by atoms with E-state index in [4.69, 9.17) is 29.8 Å². The molecule has 1 aliphatic rings. The number of carboxylic acids is 2. The minimum absolute atomic E-state index is 0. The van der Waals surface area contributed by atoms with Gasteiger partial charge >= 0.3 is 16.8 Å². The summed E-state index contributed by atoms with van der Waals surface area (Å²) in [6.07, 6.45) is 11.0. The third kappa shape index (κ3) is 17.2. The number of aliphatic carboxylic acids is 2. The minimum atomic E-state index is -1.08. The fourth-order valence-corrected chi connectivity index (χ4v) is 5.60. The van der Waals surface area contributed by atoms with Crippen molar-refractivity contribution in [1.29, 1.82) is 0 Å². The smallest absolute Gasteiger partial charge is 0.550 e. The van der Waals surface area contributed by atoms with Gasteiger partial charge in [-0.05, 0) is 105 Å². The number of hydrogen-bond donors (Lipinski definition) is 2. The van der Waals surface area contributed by atoms with Gasteiger partial charge in [0.25, 0.3) is 0 Å². The van der Waals surface area contributed by atoms with Gasteiger partial charge in [0.1, 0.15) is 11.5 Å². The Labute approximate surface area is 312 Å². The Morgan fingerprint density at radius 3 is 1.28 bits per heavy atom. The summed E-state index contributed by atoms with van der Waals surface area (Å²) in [5.74, 6) is -0.229. The molecule has 9 heteroatoms. The number of phenols is 2. The van der Waals surface area contributed by atoms with Crippen molar-refractivity contribution in [2.75, 3.05) is 0 Å². The molecule has 8 nitrogen and oxygen atoms in total. The van der Waals surface area contributed by atoms with E-state index in [0.29, 0.717) is 23.3 Å². The Balaban J connectivity index is 0.00000241. The third-order valence-corrected chi connectivity index (χ3v) is 8.29. The molecule has 0 spiro atoms. The van der Waals surface area contributed by atoms with Crippen molar-refractivity contribution in [1.82, 2.24) is 0 Å². The van der Waals surface area contributed by atoms with Crippen molar-refractivity contribution < 1.29 is 46.8 Å². The number of carbonyl (C=O) groups excluding carboxylic acids is 2. The summed E-state index contributed by atoms with van der Waals surface area (Å²) < 4.78 is 0. The molecule has 0 amide bonds. The Morgan fingerprint density at radius 2 is 1.02 bits per heavy atom. The zero-order chi connectivity index (χ0) is 37.7. The van der Waals surface area contributed by atoms with Gasteiger partial charge in [0, 0.05) is 46.6 Å². The molecule has 2 N–H and O–H groups in total. The van der Waals surface area contributed by atoms with Gasteiger partial charge in [-0.3, -0.25) is 9.98 Å². The quantitative estimate of drug-likeness (QED) is 0.256. The number of carboxylic acid groups (broad SMARTS) is 2. The average molecular weight is 738 g/mol. The molecule has 0 bridgehead atoms. The molecule has 0 saturated heterocycles. The van der Waals surface area contributed by atoms with Crippen LogP contribution in [0.2, 0.25) is 0 Å². The van der Waals surface area contributed by atoms with Crippen LogP contribution in [0.25, 0.3) is 0 Å². The van der Waals surface area contributed by atoms with Crippen molar-refractivity contribution in [3.8, 4) is 11.5 Å². The first-order chi connectivity index (χ1) is 22.5. The molecule has 2 aromatic carbocycles. The van der Waals surface area contributed by atoms with Crippen LogP contribution in [-0.4, -0.2) is 46.7 Å². The number of carbonyl (C=O) groups is 2. The van der Waals surface area contributed by atoms with E-state index in [9.17, 15) is 10.2 Å². The molecular formula is C41H62CoN2O6. The number of aryl methyl sites for hydroxylation is 2. The number of benzene rings is 2. The van der Waals surface area contributed by atoms with Crippen molar-refractivity contribution in [2.24, 2.45) is 21.8 Å². The molecule has 50 heavy (non-hydrogen) atoms. The molecule has 2 atom stereocenters. The summed E-state index contributed by atoms with van der Waals surface area (Å²) in [4.78, 5) is 27.8. The van der Waals surface area contributed by atoms with Crippen molar-refractivity contribution >= 4 is 24.4 Å². The van der Waals surface area contributed by atoms with E-state index < -0.39 is 11.9 Å². The van der Waals surface area contributed by atoms with E-state index >= 15 is 0 Å². The monoisotopic (exact) mass is 737 g/mol. The fourth-order valence-electron chi connectivity index (χ4n) is 5.60. The maximum atomic E-state index is 11.2. The van der Waals surface area contributed by atoms with Crippen LogP contribution in [0.1, 0.15) is 149 Å². The SMILES string of the molecule is CC(=O)[O-].CC(=O)[O-].CC(C)CCc1cc(C=NC2CCCC2N=Cc2cc(CCC(C)C)cc(C(C)(C)C)c2O)c(O)c(C(C)(C)C)c1.[Co+2]. The molecule has 1 fully saturated rings. The summed E-state index contributed by atoms with van der Waals surface area (Å²) in [7, 11) is 0. The standard InChI is InChI=1S/C37H56N2O2.2C2H4O2.Co/c1-24(2)14-16-26-18-28(34(40)30(20-26)36(5,6)7)22-38-32-12-11-13-33(32)39-23-29-19-27(17-15-25(3)4)21-31(35(29)41)37(8,9)10;2*1-2(3)4;/h18-25,32-33,40-41H,11-17H2,1-10H3;2*1H3,(H,3,4);/q;;;+2/p-2. The van der Waals surface area contributed by atoms with Gasteiger partial charge < -0.3 is 30.0 Å². The van der Waals surface area contributed by atoms with Crippen LogP contribution in [-0.2, 0) is 50.0 Å².